The van der Waals surface area contributed by atoms with Crippen molar-refractivity contribution >= 4 is 66.8 Å². The molecule has 0 spiro atoms. The van der Waals surface area contributed by atoms with Gasteiger partial charge >= 0.3 is 12.2 Å². The van der Waals surface area contributed by atoms with Gasteiger partial charge in [0.2, 0.25) is 11.8 Å². The van der Waals surface area contributed by atoms with Crippen LogP contribution < -0.4 is 10.6 Å². The maximum absolute atomic E-state index is 13.6. The molecule has 0 saturated carbocycles. The highest BCUT2D eigenvalue weighted by atomic mass is 32.1. The van der Waals surface area contributed by atoms with Crippen molar-refractivity contribution in [2.75, 3.05) is 27.3 Å². The maximum Gasteiger partial charge on any atom is 0.407 e. The van der Waals surface area contributed by atoms with E-state index in [2.05, 4.69) is 52.0 Å². The summed E-state index contributed by atoms with van der Waals surface area (Å²) >= 11 is 1.74. The van der Waals surface area contributed by atoms with E-state index in [4.69, 9.17) is 19.5 Å². The summed E-state index contributed by atoms with van der Waals surface area (Å²) in [5, 5.41) is 7.80. The molecule has 13 nitrogen and oxygen atoms in total. The van der Waals surface area contributed by atoms with E-state index >= 15 is 0 Å². The predicted molar refractivity (Wildman–Crippen MR) is 214 cm³/mol. The second-order valence-corrected chi connectivity index (χ2v) is 16.3. The van der Waals surface area contributed by atoms with Crippen LogP contribution in [0.2, 0.25) is 0 Å². The number of amides is 4. The van der Waals surface area contributed by atoms with Gasteiger partial charge < -0.3 is 34.9 Å². The van der Waals surface area contributed by atoms with E-state index in [0.29, 0.717) is 19.5 Å². The summed E-state index contributed by atoms with van der Waals surface area (Å²) in [6.07, 6.45) is 6.56. The van der Waals surface area contributed by atoms with Crippen molar-refractivity contribution in [1.82, 2.24) is 30.4 Å². The highest BCUT2D eigenvalue weighted by Crippen LogP contribution is 2.40. The van der Waals surface area contributed by atoms with Crippen LogP contribution in [0, 0.1) is 11.8 Å². The van der Waals surface area contributed by atoms with Gasteiger partial charge in [-0.25, -0.2) is 14.6 Å². The number of rotatable bonds is 10. The summed E-state index contributed by atoms with van der Waals surface area (Å²) in [6, 6.07) is 11.3. The van der Waals surface area contributed by atoms with E-state index < -0.39 is 24.3 Å². The van der Waals surface area contributed by atoms with Gasteiger partial charge in [0, 0.05) is 57.2 Å². The van der Waals surface area contributed by atoms with Gasteiger partial charge in [0.25, 0.3) is 0 Å². The molecule has 7 rings (SSSR count). The van der Waals surface area contributed by atoms with Crippen LogP contribution in [-0.4, -0.2) is 94.9 Å². The first kappa shape index (κ1) is 38.1. The lowest BCUT2D eigenvalue weighted by molar-refractivity contribution is -0.135. The van der Waals surface area contributed by atoms with Crippen molar-refractivity contribution < 1.29 is 28.7 Å². The van der Waals surface area contributed by atoms with Gasteiger partial charge in [0.15, 0.2) is 0 Å². The molecule has 2 aromatic heterocycles. The molecular weight excluding hydrogens is 719 g/mol. The number of alkyl carbamates (subject to hydrolysis) is 2. The average molecular weight is 768 g/mol. The second-order valence-electron chi connectivity index (χ2n) is 15.3. The number of allylic oxidation sites excluding steroid dienone is 1. The number of imidazole rings is 1. The number of aromatic amines is 1. The average Bonchev–Trinajstić information content (AvgIpc) is 4.02. The Morgan fingerprint density at radius 2 is 1.35 bits per heavy atom. The molecule has 2 fully saturated rings. The number of nitrogens with one attached hydrogen (secondary N) is 3. The highest BCUT2D eigenvalue weighted by Gasteiger charge is 2.39. The zero-order valence-electron chi connectivity index (χ0n) is 32.2. The number of hydrogen-bond acceptors (Lipinski definition) is 9. The molecule has 2 saturated heterocycles. The largest absolute Gasteiger partial charge is 0.453 e. The molecule has 4 atom stereocenters. The Balaban J connectivity index is 1.05. The number of nitrogens with zero attached hydrogens (tertiary/aromatic N) is 4. The molecule has 0 bridgehead atoms. The lowest BCUT2D eigenvalue weighted by Crippen LogP contribution is -2.53. The van der Waals surface area contributed by atoms with Crippen LogP contribution in [0.1, 0.15) is 77.2 Å². The minimum Gasteiger partial charge on any atom is -0.453 e. The van der Waals surface area contributed by atoms with E-state index in [-0.39, 0.29) is 35.7 Å². The van der Waals surface area contributed by atoms with Gasteiger partial charge in [-0.2, -0.15) is 0 Å². The number of thiophene rings is 1. The molecule has 55 heavy (non-hydrogen) atoms. The summed E-state index contributed by atoms with van der Waals surface area (Å²) in [5.74, 6) is 0.305. The molecule has 5 heterocycles. The molecule has 4 amide bonds. The molecule has 3 aliphatic heterocycles. The minimum atomic E-state index is -0.688. The van der Waals surface area contributed by atoms with Crippen molar-refractivity contribution in [1.29, 1.82) is 0 Å². The first-order valence-electron chi connectivity index (χ1n) is 19.0. The van der Waals surface area contributed by atoms with E-state index in [1.165, 1.54) is 29.7 Å². The highest BCUT2D eigenvalue weighted by molar-refractivity contribution is 7.25. The normalized spacial score (nSPS) is 19.6. The first-order valence-corrected chi connectivity index (χ1v) is 19.9. The number of likely N-dealkylation sites (tertiary alicyclic amines) is 2. The van der Waals surface area contributed by atoms with Crippen LogP contribution in [0.15, 0.2) is 53.8 Å². The number of fused-ring (bicyclic) bond motifs is 3. The molecule has 3 N–H and O–H groups in total. The number of aliphatic imine (C=N–C) groups is 1. The van der Waals surface area contributed by atoms with E-state index in [0.717, 1.165) is 64.3 Å². The standard InChI is InChI=1S/C41H49N7O6S/c1-22(2)35(45-40(51)53-5)38(49)47-15-7-9-31(47)29-17-26(20-42-29)24-11-13-27-28-14-12-25(19-34(28)55-33(27)18-24)30-21-43-37(44-30)32-10-8-16-48(32)39(50)36(23(3)4)46-41(52)54-6/h11-14,18-23,31-32,35-36H,7-10,15-17H2,1-6H3,(H,43,44)(H,45,51)(H,46,52)/t31-,32-,35-,36-/m0/s1. The van der Waals surface area contributed by atoms with Crippen LogP contribution in [0.5, 0.6) is 0 Å². The quantitative estimate of drug-likeness (QED) is 0.156. The molecule has 3 aliphatic rings. The Labute approximate surface area is 324 Å². The molecule has 0 aliphatic carbocycles. The summed E-state index contributed by atoms with van der Waals surface area (Å²) in [6.45, 7) is 8.88. The number of aromatic nitrogens is 2. The summed E-state index contributed by atoms with van der Waals surface area (Å²) < 4.78 is 11.9. The fourth-order valence-electron chi connectivity index (χ4n) is 8.07. The van der Waals surface area contributed by atoms with Crippen LogP contribution in [-0.2, 0) is 19.1 Å². The number of benzene rings is 2. The summed E-state index contributed by atoms with van der Waals surface area (Å²) in [5.41, 5.74) is 5.09. The smallest absolute Gasteiger partial charge is 0.407 e. The van der Waals surface area contributed by atoms with Gasteiger partial charge in [-0.15, -0.1) is 11.3 Å². The number of ether oxygens (including phenoxy) is 2. The van der Waals surface area contributed by atoms with E-state index in [1.807, 2.05) is 49.9 Å². The third-order valence-corrected chi connectivity index (χ3v) is 12.2. The van der Waals surface area contributed by atoms with Crippen molar-refractivity contribution in [3.63, 3.8) is 0 Å². The Morgan fingerprint density at radius 3 is 1.93 bits per heavy atom. The Bertz CT molecular complexity index is 2190. The van der Waals surface area contributed by atoms with Gasteiger partial charge in [0.05, 0.1) is 38.2 Å². The molecule has 2 aromatic carbocycles. The number of H-pyrrole nitrogens is 1. The molecule has 0 radical (unpaired) electrons. The van der Waals surface area contributed by atoms with Crippen molar-refractivity contribution in [2.45, 2.75) is 84.0 Å². The lowest BCUT2D eigenvalue weighted by atomic mass is 9.97. The van der Waals surface area contributed by atoms with Crippen LogP contribution in [0.25, 0.3) is 37.0 Å². The van der Waals surface area contributed by atoms with Crippen molar-refractivity contribution in [2.24, 2.45) is 16.8 Å². The van der Waals surface area contributed by atoms with Crippen molar-refractivity contribution in [3.05, 3.63) is 60.2 Å². The van der Waals surface area contributed by atoms with Crippen LogP contribution in [0.3, 0.4) is 0 Å². The second kappa shape index (κ2) is 15.9. The molecule has 0 unspecified atom stereocenters. The Kier molecular flexibility index (Phi) is 11.0. The molecule has 14 heteroatoms. The lowest BCUT2D eigenvalue weighted by Gasteiger charge is -2.31. The zero-order chi connectivity index (χ0) is 39.0. The van der Waals surface area contributed by atoms with Gasteiger partial charge in [-0.3, -0.25) is 14.6 Å². The van der Waals surface area contributed by atoms with E-state index in [1.54, 1.807) is 11.3 Å². The Morgan fingerprint density at radius 1 is 0.800 bits per heavy atom. The number of hydrogen-bond donors (Lipinski definition) is 3. The van der Waals surface area contributed by atoms with Gasteiger partial charge in [0.1, 0.15) is 17.9 Å². The molecule has 290 valence electrons. The van der Waals surface area contributed by atoms with Crippen molar-refractivity contribution in [3.8, 4) is 11.3 Å². The summed E-state index contributed by atoms with van der Waals surface area (Å²) in [7, 11) is 2.60. The van der Waals surface area contributed by atoms with Gasteiger partial charge in [-0.1, -0.05) is 52.0 Å². The minimum absolute atomic E-state index is 0.0878. The molecular formula is C41H49N7O6S. The third-order valence-electron chi connectivity index (χ3n) is 11.1. The number of methoxy groups -OCH3 is 2. The van der Waals surface area contributed by atoms with Crippen LogP contribution >= 0.6 is 11.3 Å². The SMILES string of the molecule is COC(=O)N[C@H](C(=O)N1CCC[C@H]1C1=NC=C(c2ccc3c(c2)sc2cc(-c4cnc([C@@H]5CCCN5C(=O)[C@@H](NC(=O)OC)C(C)C)[nH]4)ccc23)C1)C(C)C. The fourth-order valence-corrected chi connectivity index (χ4v) is 9.26. The number of carbonyl (C=O) groups is 4. The third kappa shape index (κ3) is 7.56. The van der Waals surface area contributed by atoms with Crippen LogP contribution in [0.4, 0.5) is 9.59 Å². The fraction of sp³-hybridized carbons (Fsp3) is 0.463. The Hall–Kier alpha value is -5.24. The predicted octanol–water partition coefficient (Wildman–Crippen LogP) is 7.05. The zero-order valence-corrected chi connectivity index (χ0v) is 33.0. The molecule has 4 aromatic rings. The summed E-state index contributed by atoms with van der Waals surface area (Å²) in [4.78, 5) is 68.0. The van der Waals surface area contributed by atoms with E-state index in [9.17, 15) is 19.2 Å². The number of carbonyl (C=O) groups excluding carboxylic acids is 4. The monoisotopic (exact) mass is 767 g/mol. The topological polar surface area (TPSA) is 158 Å². The maximum atomic E-state index is 13.6. The van der Waals surface area contributed by atoms with Gasteiger partial charge in [-0.05, 0) is 60.8 Å². The first-order chi connectivity index (χ1) is 26.5.